The maximum absolute atomic E-state index is 14.1. The lowest BCUT2D eigenvalue weighted by Crippen LogP contribution is -2.00. The number of ether oxygens (including phenoxy) is 2. The van der Waals surface area contributed by atoms with Crippen LogP contribution >= 0.6 is 12.2 Å². The van der Waals surface area contributed by atoms with Crippen LogP contribution in [0.5, 0.6) is 11.5 Å². The monoisotopic (exact) mass is 333 g/mol. The average molecular weight is 333 g/mol. The molecule has 0 amide bonds. The summed E-state index contributed by atoms with van der Waals surface area (Å²) in [6.45, 7) is 0.140. The summed E-state index contributed by atoms with van der Waals surface area (Å²) in [6, 6.07) is 9.05. The summed E-state index contributed by atoms with van der Waals surface area (Å²) in [5.74, 6) is -0.596. The highest BCUT2D eigenvalue weighted by Crippen LogP contribution is 2.35. The molecule has 0 saturated carbocycles. The van der Waals surface area contributed by atoms with Crippen LogP contribution in [-0.4, -0.2) is 21.6 Å². The third-order valence-corrected chi connectivity index (χ3v) is 3.75. The Morgan fingerprint density at radius 2 is 1.96 bits per heavy atom. The summed E-state index contributed by atoms with van der Waals surface area (Å²) in [7, 11) is 0. The number of benzene rings is 2. The molecule has 3 aromatic rings. The standard InChI is InChI=1S/C15H9F2N3O2S/c16-10-3-1-2-9(13(10)17)14-18-19-15(23)20(14)8-4-5-11-12(6-8)22-7-21-11/h1-6H,7H2,(H,19,23). The van der Waals surface area contributed by atoms with E-state index in [2.05, 4.69) is 10.2 Å². The molecule has 2 aromatic carbocycles. The highest BCUT2D eigenvalue weighted by molar-refractivity contribution is 7.71. The van der Waals surface area contributed by atoms with Gasteiger partial charge in [-0.1, -0.05) is 6.07 Å². The van der Waals surface area contributed by atoms with Crippen molar-refractivity contribution < 1.29 is 18.3 Å². The smallest absolute Gasteiger partial charge is 0.231 e. The van der Waals surface area contributed by atoms with Crippen LogP contribution in [0.15, 0.2) is 36.4 Å². The molecule has 0 unspecified atom stereocenters. The Morgan fingerprint density at radius 3 is 2.83 bits per heavy atom. The minimum absolute atomic E-state index is 0.00927. The van der Waals surface area contributed by atoms with Crippen molar-refractivity contribution in [3.63, 3.8) is 0 Å². The van der Waals surface area contributed by atoms with E-state index in [1.807, 2.05) is 0 Å². The molecule has 5 nitrogen and oxygen atoms in total. The van der Waals surface area contributed by atoms with Crippen molar-refractivity contribution in [3.05, 3.63) is 52.8 Å². The number of rotatable bonds is 2. The van der Waals surface area contributed by atoms with E-state index in [9.17, 15) is 8.78 Å². The third kappa shape index (κ3) is 2.18. The van der Waals surface area contributed by atoms with Crippen molar-refractivity contribution in [1.29, 1.82) is 0 Å². The van der Waals surface area contributed by atoms with Crippen LogP contribution < -0.4 is 9.47 Å². The lowest BCUT2D eigenvalue weighted by atomic mass is 10.2. The van der Waals surface area contributed by atoms with Gasteiger partial charge >= 0.3 is 0 Å². The van der Waals surface area contributed by atoms with Gasteiger partial charge in [-0.15, -0.1) is 0 Å². The van der Waals surface area contributed by atoms with Gasteiger partial charge in [0.05, 0.1) is 11.3 Å². The molecule has 1 N–H and O–H groups in total. The van der Waals surface area contributed by atoms with Crippen molar-refractivity contribution in [2.24, 2.45) is 0 Å². The van der Waals surface area contributed by atoms with E-state index in [-0.39, 0.29) is 23.0 Å². The number of nitrogens with zero attached hydrogens (tertiary/aromatic N) is 2. The van der Waals surface area contributed by atoms with Gasteiger partial charge in [-0.3, -0.25) is 9.67 Å². The van der Waals surface area contributed by atoms with Crippen LogP contribution in [0.2, 0.25) is 0 Å². The molecule has 0 aliphatic carbocycles. The molecule has 0 saturated heterocycles. The Hall–Kier alpha value is -2.74. The number of fused-ring (bicyclic) bond motifs is 1. The van der Waals surface area contributed by atoms with Gasteiger partial charge in [0, 0.05) is 6.07 Å². The predicted octanol–water partition coefficient (Wildman–Crippen LogP) is 3.60. The number of halogens is 2. The van der Waals surface area contributed by atoms with Gasteiger partial charge in [-0.25, -0.2) is 8.78 Å². The van der Waals surface area contributed by atoms with Gasteiger partial charge in [0.15, 0.2) is 33.7 Å². The van der Waals surface area contributed by atoms with Crippen molar-refractivity contribution in [1.82, 2.24) is 14.8 Å². The van der Waals surface area contributed by atoms with E-state index in [0.29, 0.717) is 17.2 Å². The van der Waals surface area contributed by atoms with Crippen LogP contribution in [0.3, 0.4) is 0 Å². The molecule has 23 heavy (non-hydrogen) atoms. The number of nitrogens with one attached hydrogen (secondary N) is 1. The third-order valence-electron chi connectivity index (χ3n) is 3.48. The summed E-state index contributed by atoms with van der Waals surface area (Å²) in [6.07, 6.45) is 0. The predicted molar refractivity (Wildman–Crippen MR) is 80.2 cm³/mol. The number of H-pyrrole nitrogens is 1. The maximum Gasteiger partial charge on any atom is 0.231 e. The topological polar surface area (TPSA) is 52.1 Å². The first kappa shape index (κ1) is 13.9. The molecule has 4 rings (SSSR count). The second-order valence-corrected chi connectivity index (χ2v) is 5.21. The Kier molecular flexibility index (Phi) is 3.12. The van der Waals surface area contributed by atoms with E-state index in [4.69, 9.17) is 21.7 Å². The normalized spacial score (nSPS) is 12.6. The molecule has 2 heterocycles. The fourth-order valence-corrected chi connectivity index (χ4v) is 2.66. The lowest BCUT2D eigenvalue weighted by molar-refractivity contribution is 0.174. The largest absolute Gasteiger partial charge is 0.454 e. The molecule has 0 spiro atoms. The molecule has 1 aliphatic rings. The molecule has 0 bridgehead atoms. The van der Waals surface area contributed by atoms with Crippen LogP contribution in [0.4, 0.5) is 8.78 Å². The zero-order valence-electron chi connectivity index (χ0n) is 11.5. The molecule has 8 heteroatoms. The second-order valence-electron chi connectivity index (χ2n) is 4.83. The van der Waals surface area contributed by atoms with E-state index < -0.39 is 11.6 Å². The first-order chi connectivity index (χ1) is 11.1. The molecule has 0 radical (unpaired) electrons. The Labute approximate surface area is 134 Å². The molecule has 1 aliphatic heterocycles. The Balaban J connectivity index is 1.92. The summed E-state index contributed by atoms with van der Waals surface area (Å²) in [5, 5.41) is 6.63. The van der Waals surface area contributed by atoms with Gasteiger partial charge in [-0.2, -0.15) is 5.10 Å². The molecule has 1 aromatic heterocycles. The van der Waals surface area contributed by atoms with Crippen molar-refractivity contribution in [3.8, 4) is 28.6 Å². The Morgan fingerprint density at radius 1 is 1.13 bits per heavy atom. The molecule has 116 valence electrons. The average Bonchev–Trinajstić information content (AvgIpc) is 3.15. The molecular weight excluding hydrogens is 324 g/mol. The van der Waals surface area contributed by atoms with Crippen molar-refractivity contribution in [2.75, 3.05) is 6.79 Å². The number of aromatic amines is 1. The van der Waals surface area contributed by atoms with Crippen molar-refractivity contribution >= 4 is 12.2 Å². The van der Waals surface area contributed by atoms with E-state index >= 15 is 0 Å². The zero-order valence-corrected chi connectivity index (χ0v) is 12.4. The number of hydrogen-bond acceptors (Lipinski definition) is 4. The fraction of sp³-hybridized carbons (Fsp3) is 0.0667. The summed E-state index contributed by atoms with van der Waals surface area (Å²) >= 11 is 5.22. The van der Waals surface area contributed by atoms with Crippen LogP contribution in [0.1, 0.15) is 0 Å². The number of aromatic nitrogens is 3. The Bertz CT molecular complexity index is 968. The molecular formula is C15H9F2N3O2S. The maximum atomic E-state index is 14.1. The molecule has 0 fully saturated rings. The summed E-state index contributed by atoms with van der Waals surface area (Å²) in [5.41, 5.74) is 0.613. The van der Waals surface area contributed by atoms with Crippen molar-refractivity contribution in [2.45, 2.75) is 0 Å². The SMILES string of the molecule is Fc1cccc(-c2n[nH]c(=S)n2-c2ccc3c(c2)OCO3)c1F. The van der Waals surface area contributed by atoms with Gasteiger partial charge in [0.25, 0.3) is 0 Å². The first-order valence-electron chi connectivity index (χ1n) is 6.67. The van der Waals surface area contributed by atoms with Gasteiger partial charge in [0.1, 0.15) is 0 Å². The van der Waals surface area contributed by atoms with Gasteiger partial charge in [0.2, 0.25) is 6.79 Å². The quantitative estimate of drug-likeness (QED) is 0.728. The summed E-state index contributed by atoms with van der Waals surface area (Å²) in [4.78, 5) is 0. The minimum Gasteiger partial charge on any atom is -0.454 e. The highest BCUT2D eigenvalue weighted by Gasteiger charge is 2.19. The molecule has 0 atom stereocenters. The van der Waals surface area contributed by atoms with Crippen LogP contribution in [0.25, 0.3) is 17.1 Å². The zero-order chi connectivity index (χ0) is 16.0. The minimum atomic E-state index is -0.983. The van der Waals surface area contributed by atoms with Crippen LogP contribution in [0, 0.1) is 16.4 Å². The highest BCUT2D eigenvalue weighted by atomic mass is 32.1. The van der Waals surface area contributed by atoms with Gasteiger partial charge < -0.3 is 9.47 Å². The van der Waals surface area contributed by atoms with E-state index in [1.54, 1.807) is 18.2 Å². The second kappa shape index (κ2) is 5.17. The fourth-order valence-electron chi connectivity index (χ4n) is 2.42. The number of hydrogen-bond donors (Lipinski definition) is 1. The first-order valence-corrected chi connectivity index (χ1v) is 7.08. The van der Waals surface area contributed by atoms with E-state index in [1.165, 1.54) is 16.7 Å². The summed E-state index contributed by atoms with van der Waals surface area (Å²) < 4.78 is 39.9. The lowest BCUT2D eigenvalue weighted by Gasteiger charge is -2.08. The van der Waals surface area contributed by atoms with Gasteiger partial charge in [-0.05, 0) is 36.5 Å². The van der Waals surface area contributed by atoms with Crippen LogP contribution in [-0.2, 0) is 0 Å². The van der Waals surface area contributed by atoms with E-state index in [0.717, 1.165) is 6.07 Å².